The van der Waals surface area contributed by atoms with E-state index in [1.54, 1.807) is 6.07 Å². The third-order valence-corrected chi connectivity index (χ3v) is 3.51. The van der Waals surface area contributed by atoms with Crippen LogP contribution in [0.4, 0.5) is 0 Å². The van der Waals surface area contributed by atoms with Gasteiger partial charge in [0.1, 0.15) is 11.3 Å². The van der Waals surface area contributed by atoms with Crippen LogP contribution in [0.5, 0.6) is 5.75 Å². The second kappa shape index (κ2) is 7.38. The molecule has 0 aliphatic heterocycles. The highest BCUT2D eigenvalue weighted by atomic mass is 79.9. The highest BCUT2D eigenvalue weighted by Crippen LogP contribution is 2.26. The van der Waals surface area contributed by atoms with Gasteiger partial charge in [0, 0.05) is 12.4 Å². The molecule has 1 rings (SSSR count). The summed E-state index contributed by atoms with van der Waals surface area (Å²) >= 11 is 3.43. The average molecular weight is 317 g/mol. The topological polar surface area (TPSA) is 44.8 Å². The van der Waals surface area contributed by atoms with Crippen molar-refractivity contribution in [1.82, 2.24) is 0 Å². The predicted molar refractivity (Wildman–Crippen MR) is 72.5 cm³/mol. The molecule has 1 aromatic rings. The maximum absolute atomic E-state index is 11.6. The molecule has 0 aromatic heterocycles. The van der Waals surface area contributed by atoms with Crippen LogP contribution in [0.2, 0.25) is 0 Å². The van der Waals surface area contributed by atoms with Gasteiger partial charge in [-0.05, 0) is 23.6 Å². The van der Waals surface area contributed by atoms with E-state index in [1.807, 2.05) is 12.1 Å². The molecule has 1 unspecified atom stereocenters. The Morgan fingerprint density at radius 3 is 2.67 bits per heavy atom. The maximum atomic E-state index is 11.6. The zero-order chi connectivity index (χ0) is 13.5. The molecular weight excluding hydrogens is 300 g/mol. The van der Waals surface area contributed by atoms with Crippen molar-refractivity contribution in [3.63, 3.8) is 0 Å². The van der Waals surface area contributed by atoms with Crippen LogP contribution in [0, 0.1) is 0 Å². The number of carbonyl (C=O) groups is 1. The number of esters is 1. The van der Waals surface area contributed by atoms with E-state index in [2.05, 4.69) is 22.9 Å². The molecule has 5 heteroatoms. The zero-order valence-electron chi connectivity index (χ0n) is 10.7. The molecule has 4 nitrogen and oxygen atoms in total. The van der Waals surface area contributed by atoms with Crippen LogP contribution >= 0.6 is 15.9 Å². The first kappa shape index (κ1) is 15.0. The van der Waals surface area contributed by atoms with Gasteiger partial charge in [0.2, 0.25) is 0 Å². The Balaban J connectivity index is 3.07. The molecule has 0 aliphatic rings. The minimum absolute atomic E-state index is 0.0934. The van der Waals surface area contributed by atoms with E-state index in [-0.39, 0.29) is 6.79 Å². The highest BCUT2D eigenvalue weighted by Gasteiger charge is 2.15. The van der Waals surface area contributed by atoms with Crippen LogP contribution in [0.25, 0.3) is 0 Å². The quantitative estimate of drug-likeness (QED) is 0.460. The molecule has 0 saturated carbocycles. The van der Waals surface area contributed by atoms with Crippen LogP contribution in [-0.4, -0.2) is 32.3 Å². The fourth-order valence-electron chi connectivity index (χ4n) is 1.45. The van der Waals surface area contributed by atoms with Crippen molar-refractivity contribution in [3.05, 3.63) is 29.3 Å². The number of ether oxygens (including phenoxy) is 3. The van der Waals surface area contributed by atoms with E-state index in [9.17, 15) is 4.79 Å². The lowest BCUT2D eigenvalue weighted by atomic mass is 10.0. The summed E-state index contributed by atoms with van der Waals surface area (Å²) in [5, 5.41) is 0.842. The Morgan fingerprint density at radius 2 is 2.11 bits per heavy atom. The second-order valence-electron chi connectivity index (χ2n) is 3.85. The van der Waals surface area contributed by atoms with Gasteiger partial charge in [0.25, 0.3) is 0 Å². The highest BCUT2D eigenvalue weighted by molar-refractivity contribution is 9.09. The largest absolute Gasteiger partial charge is 0.467 e. The number of alkyl halides is 1. The van der Waals surface area contributed by atoms with Gasteiger partial charge in [-0.1, -0.05) is 28.9 Å². The van der Waals surface area contributed by atoms with Crippen molar-refractivity contribution in [2.24, 2.45) is 0 Å². The Morgan fingerprint density at radius 1 is 1.39 bits per heavy atom. The summed E-state index contributed by atoms with van der Waals surface area (Å²) in [7, 11) is 2.88. The summed E-state index contributed by atoms with van der Waals surface area (Å²) in [6.45, 7) is 2.18. The van der Waals surface area contributed by atoms with E-state index in [1.165, 1.54) is 14.2 Å². The molecule has 18 heavy (non-hydrogen) atoms. The van der Waals surface area contributed by atoms with Crippen molar-refractivity contribution >= 4 is 21.9 Å². The first-order chi connectivity index (χ1) is 8.63. The van der Waals surface area contributed by atoms with E-state index < -0.39 is 5.97 Å². The molecular formula is C13H17BrO4. The maximum Gasteiger partial charge on any atom is 0.341 e. The first-order valence-electron chi connectivity index (χ1n) is 5.54. The normalized spacial score (nSPS) is 12.0. The van der Waals surface area contributed by atoms with Gasteiger partial charge < -0.3 is 14.2 Å². The van der Waals surface area contributed by atoms with Crippen LogP contribution < -0.4 is 4.74 Å². The lowest BCUT2D eigenvalue weighted by Gasteiger charge is -2.14. The van der Waals surface area contributed by atoms with Gasteiger partial charge in [0.05, 0.1) is 7.11 Å². The van der Waals surface area contributed by atoms with Crippen molar-refractivity contribution in [3.8, 4) is 5.75 Å². The number of rotatable bonds is 6. The van der Waals surface area contributed by atoms with Crippen LogP contribution in [0.15, 0.2) is 18.2 Å². The molecule has 0 spiro atoms. The summed E-state index contributed by atoms with van der Waals surface area (Å²) in [6.07, 6.45) is 0. The molecule has 1 atom stereocenters. The molecule has 100 valence electrons. The lowest BCUT2D eigenvalue weighted by molar-refractivity contribution is 0.0464. The number of hydrogen-bond acceptors (Lipinski definition) is 4. The average Bonchev–Trinajstić information content (AvgIpc) is 2.42. The Kier molecular flexibility index (Phi) is 6.15. The van der Waals surface area contributed by atoms with Crippen molar-refractivity contribution in [1.29, 1.82) is 0 Å². The molecule has 0 amide bonds. The van der Waals surface area contributed by atoms with Crippen LogP contribution in [-0.2, 0) is 9.47 Å². The molecule has 0 bridgehead atoms. The number of benzene rings is 1. The lowest BCUT2D eigenvalue weighted by Crippen LogP contribution is -2.08. The molecule has 0 radical (unpaired) electrons. The predicted octanol–water partition coefficient (Wildman–Crippen LogP) is 2.95. The molecule has 0 aliphatic carbocycles. The van der Waals surface area contributed by atoms with E-state index in [4.69, 9.17) is 14.2 Å². The zero-order valence-corrected chi connectivity index (χ0v) is 12.3. The Labute approximate surface area is 115 Å². The summed E-state index contributed by atoms with van der Waals surface area (Å²) in [4.78, 5) is 11.6. The summed E-state index contributed by atoms with van der Waals surface area (Å²) in [5.74, 6) is 0.398. The molecule has 1 aromatic carbocycles. The Hall–Kier alpha value is -1.07. The van der Waals surface area contributed by atoms with Gasteiger partial charge in [0.15, 0.2) is 6.79 Å². The first-order valence-corrected chi connectivity index (χ1v) is 6.66. The summed E-state index contributed by atoms with van der Waals surface area (Å²) in [6, 6.07) is 5.46. The number of carbonyl (C=O) groups excluding carboxylic acids is 1. The fraction of sp³-hybridized carbons (Fsp3) is 0.462. The second-order valence-corrected chi connectivity index (χ2v) is 4.50. The number of methoxy groups -OCH3 is 2. The van der Waals surface area contributed by atoms with Gasteiger partial charge >= 0.3 is 5.97 Å². The third kappa shape index (κ3) is 3.71. The minimum Gasteiger partial charge on any atom is -0.467 e. The van der Waals surface area contributed by atoms with Gasteiger partial charge in [-0.2, -0.15) is 0 Å². The van der Waals surface area contributed by atoms with Crippen molar-refractivity contribution in [2.75, 3.05) is 26.3 Å². The SMILES string of the molecule is COCOc1cc(C(C)CBr)ccc1C(=O)OC. The fourth-order valence-corrected chi connectivity index (χ4v) is 1.83. The minimum atomic E-state index is -0.417. The number of hydrogen-bond donors (Lipinski definition) is 0. The van der Waals surface area contributed by atoms with E-state index >= 15 is 0 Å². The monoisotopic (exact) mass is 316 g/mol. The van der Waals surface area contributed by atoms with Crippen molar-refractivity contribution < 1.29 is 19.0 Å². The Bertz CT molecular complexity index is 406. The van der Waals surface area contributed by atoms with Gasteiger partial charge in [-0.3, -0.25) is 0 Å². The van der Waals surface area contributed by atoms with E-state index in [0.717, 1.165) is 10.9 Å². The molecule has 0 heterocycles. The third-order valence-electron chi connectivity index (χ3n) is 2.54. The standard InChI is InChI=1S/C13H17BrO4/c1-9(7-14)10-4-5-11(13(15)17-3)12(6-10)18-8-16-2/h4-6,9H,7-8H2,1-3H3. The molecule has 0 saturated heterocycles. The molecule has 0 fully saturated rings. The van der Waals surface area contributed by atoms with Crippen LogP contribution in [0.1, 0.15) is 28.8 Å². The van der Waals surface area contributed by atoms with Gasteiger partial charge in [-0.15, -0.1) is 0 Å². The van der Waals surface area contributed by atoms with Gasteiger partial charge in [-0.25, -0.2) is 4.79 Å². The smallest absolute Gasteiger partial charge is 0.341 e. The van der Waals surface area contributed by atoms with E-state index in [0.29, 0.717) is 17.2 Å². The van der Waals surface area contributed by atoms with Crippen LogP contribution in [0.3, 0.4) is 0 Å². The molecule has 0 N–H and O–H groups in total. The summed E-state index contributed by atoms with van der Waals surface area (Å²) in [5.41, 5.74) is 1.49. The summed E-state index contributed by atoms with van der Waals surface area (Å²) < 4.78 is 15.0. The van der Waals surface area contributed by atoms with Crippen molar-refractivity contribution in [2.45, 2.75) is 12.8 Å². The number of halogens is 1.